The number of hydrogen-bond acceptors (Lipinski definition) is 12. The monoisotopic (exact) mass is 1080 g/mol. The van der Waals surface area contributed by atoms with E-state index in [1.54, 1.807) is 0 Å². The summed E-state index contributed by atoms with van der Waals surface area (Å²) in [4.78, 5) is 88.4. The molecule has 0 aromatic heterocycles. The van der Waals surface area contributed by atoms with Crippen molar-refractivity contribution in [2.24, 2.45) is 5.92 Å². The lowest BCUT2D eigenvalue weighted by Gasteiger charge is -2.31. The Morgan fingerprint density at radius 1 is 0.627 bits per heavy atom. The van der Waals surface area contributed by atoms with Gasteiger partial charge in [-0.25, -0.2) is 4.57 Å². The Balaban J connectivity index is 2.66. The van der Waals surface area contributed by atoms with Crippen molar-refractivity contribution in [1.82, 2.24) is 20.9 Å². The number of rotatable bonds is 48. The molecule has 5 N–H and O–H groups in total. The predicted octanol–water partition coefficient (Wildman–Crippen LogP) is 11.3. The molecule has 17 nitrogen and oxygen atoms in total. The van der Waals surface area contributed by atoms with E-state index in [9.17, 15) is 38.2 Å². The van der Waals surface area contributed by atoms with E-state index in [4.69, 9.17) is 23.6 Å². The number of aliphatic carboxylic acids is 1. The Morgan fingerprint density at radius 3 is 1.60 bits per heavy atom. The summed E-state index contributed by atoms with van der Waals surface area (Å²) in [5.74, 6) is -4.06. The zero-order valence-electron chi connectivity index (χ0n) is 47.3. The van der Waals surface area contributed by atoms with Gasteiger partial charge in [0, 0.05) is 25.9 Å². The minimum absolute atomic E-state index is 0.0471. The summed E-state index contributed by atoms with van der Waals surface area (Å²) in [6, 6.07) is -3.85. The lowest BCUT2D eigenvalue weighted by Crippen LogP contribution is -2.57. The van der Waals surface area contributed by atoms with Gasteiger partial charge in [0.25, 0.3) is 0 Å². The number of carboxylic acid groups (broad SMARTS) is 1. The number of unbranched alkanes of at least 4 members (excludes halogenated alkanes) is 22. The van der Waals surface area contributed by atoms with Crippen LogP contribution < -0.4 is 16.0 Å². The fourth-order valence-electron chi connectivity index (χ4n) is 8.75. The highest BCUT2D eigenvalue weighted by atomic mass is 31.2. The van der Waals surface area contributed by atoms with Crippen LogP contribution in [0.4, 0.5) is 0 Å². The fraction of sp³-hybridized carbons (Fsp3) is 0.825. The van der Waals surface area contributed by atoms with Crippen molar-refractivity contribution in [2.45, 2.75) is 264 Å². The standard InChI is InChI=1S/C57H103N4O13P/c1-7-9-11-13-15-17-19-21-23-25-27-29-31-33-35-39-51(62)71-44-49(74-52(63)40-36-34-32-30-28-26-24-22-20-18-16-14-12-10-8-2)45-73-75(69,70)72-43-41-58-53(46(3)4)56(66)61-42-37-38-50(61)55(65)59-47(5)54(64)60-48(6)57(67)68/h21-24,46-50,53,58H,7-20,25-45H2,1-6H3,(H,59,65)(H,60,64)(H,67,68)(H,69,70)/b23-21-,24-22-/t47-,48-,49?,50-,53-/m0/s1. The van der Waals surface area contributed by atoms with Gasteiger partial charge in [-0.05, 0) is 96.8 Å². The number of phosphoric acid groups is 1. The lowest BCUT2D eigenvalue weighted by molar-refractivity contribution is -0.161. The van der Waals surface area contributed by atoms with E-state index in [2.05, 4.69) is 54.1 Å². The summed E-state index contributed by atoms with van der Waals surface area (Å²) >= 11 is 0. The van der Waals surface area contributed by atoms with Crippen molar-refractivity contribution >= 4 is 43.5 Å². The van der Waals surface area contributed by atoms with Gasteiger partial charge in [-0.1, -0.05) is 155 Å². The van der Waals surface area contributed by atoms with Gasteiger partial charge in [0.2, 0.25) is 17.7 Å². The van der Waals surface area contributed by atoms with Crippen LogP contribution in [0.5, 0.6) is 0 Å². The van der Waals surface area contributed by atoms with Crippen LogP contribution in [-0.2, 0) is 51.9 Å². The zero-order valence-corrected chi connectivity index (χ0v) is 48.2. The number of esters is 2. The third-order valence-electron chi connectivity index (χ3n) is 13.4. The van der Waals surface area contributed by atoms with Crippen LogP contribution in [-0.4, -0.2) is 114 Å². The van der Waals surface area contributed by atoms with Crippen molar-refractivity contribution in [3.63, 3.8) is 0 Å². The van der Waals surface area contributed by atoms with E-state index < -0.39 is 74.4 Å². The number of allylic oxidation sites excluding steroid dienone is 4. The van der Waals surface area contributed by atoms with Crippen LogP contribution in [0.2, 0.25) is 0 Å². The molecule has 0 radical (unpaired) electrons. The highest BCUT2D eigenvalue weighted by Crippen LogP contribution is 2.43. The third-order valence-corrected chi connectivity index (χ3v) is 14.4. The molecule has 1 aliphatic heterocycles. The number of carboxylic acids is 1. The SMILES string of the molecule is CCCCCCCC/C=C\CCCCCCCC(=O)OCC(COP(=O)(O)OCCN[C@H](C(=O)N1CCC[C@H]1C(=O)N[C@@H](C)C(=O)N[C@@H](C)C(=O)O)C(C)C)OC(=O)CCCCCCC/C=C\CCCCCCCC. The van der Waals surface area contributed by atoms with Crippen LogP contribution in [0.15, 0.2) is 24.3 Å². The van der Waals surface area contributed by atoms with Crippen molar-refractivity contribution in [1.29, 1.82) is 0 Å². The molecule has 0 aromatic carbocycles. The second kappa shape index (κ2) is 44.4. The molecular weight excluding hydrogens is 980 g/mol. The Kier molecular flexibility index (Phi) is 41.0. The normalized spacial score (nSPS) is 16.2. The summed E-state index contributed by atoms with van der Waals surface area (Å²) in [5, 5.41) is 17.1. The maximum Gasteiger partial charge on any atom is 0.472 e. The summed E-state index contributed by atoms with van der Waals surface area (Å²) in [5.41, 5.74) is 0. The molecular formula is C57H103N4O13P. The molecule has 2 unspecified atom stereocenters. The topological polar surface area (TPSA) is 236 Å². The number of hydrogen-bond donors (Lipinski definition) is 5. The molecule has 0 aromatic rings. The Morgan fingerprint density at radius 2 is 1.11 bits per heavy atom. The molecule has 1 rings (SSSR count). The third kappa shape index (κ3) is 36.2. The number of amides is 3. The highest BCUT2D eigenvalue weighted by molar-refractivity contribution is 7.47. The van der Waals surface area contributed by atoms with E-state index >= 15 is 0 Å². The van der Waals surface area contributed by atoms with E-state index in [-0.39, 0.29) is 44.4 Å². The van der Waals surface area contributed by atoms with Gasteiger partial charge in [0.05, 0.1) is 19.3 Å². The lowest BCUT2D eigenvalue weighted by atomic mass is 10.0. The van der Waals surface area contributed by atoms with Gasteiger partial charge >= 0.3 is 25.7 Å². The summed E-state index contributed by atoms with van der Waals surface area (Å²) in [6.07, 6.45) is 38.6. The first-order valence-corrected chi connectivity index (χ1v) is 30.7. The van der Waals surface area contributed by atoms with Gasteiger partial charge in [-0.2, -0.15) is 0 Å². The number of carbonyl (C=O) groups excluding carboxylic acids is 5. The summed E-state index contributed by atoms with van der Waals surface area (Å²) < 4.78 is 34.6. The van der Waals surface area contributed by atoms with Gasteiger partial charge in [-0.3, -0.25) is 37.8 Å². The summed E-state index contributed by atoms with van der Waals surface area (Å²) in [7, 11) is -4.72. The van der Waals surface area contributed by atoms with Crippen LogP contribution >= 0.6 is 7.82 Å². The minimum Gasteiger partial charge on any atom is -0.480 e. The zero-order chi connectivity index (χ0) is 55.5. The van der Waals surface area contributed by atoms with Crippen molar-refractivity contribution in [3.05, 3.63) is 24.3 Å². The van der Waals surface area contributed by atoms with Crippen molar-refractivity contribution < 1.29 is 61.9 Å². The first kappa shape index (κ1) is 69.4. The number of ether oxygens (including phenoxy) is 2. The molecule has 434 valence electrons. The number of likely N-dealkylation sites (tertiary alicyclic amines) is 1. The second-order valence-corrected chi connectivity index (χ2v) is 22.2. The summed E-state index contributed by atoms with van der Waals surface area (Å²) in [6.45, 7) is 9.80. The highest BCUT2D eigenvalue weighted by Gasteiger charge is 2.39. The molecule has 0 bridgehead atoms. The van der Waals surface area contributed by atoms with Crippen LogP contribution in [0.25, 0.3) is 0 Å². The van der Waals surface area contributed by atoms with Crippen LogP contribution in [0.3, 0.4) is 0 Å². The minimum atomic E-state index is -4.72. The van der Waals surface area contributed by atoms with Crippen molar-refractivity contribution in [3.8, 4) is 0 Å². The second-order valence-electron chi connectivity index (χ2n) is 20.7. The van der Waals surface area contributed by atoms with E-state index in [0.717, 1.165) is 77.0 Å². The quantitative estimate of drug-likeness (QED) is 0.0165. The first-order valence-electron chi connectivity index (χ1n) is 29.2. The Bertz CT molecular complexity index is 1680. The first-order chi connectivity index (χ1) is 36.0. The van der Waals surface area contributed by atoms with Gasteiger partial charge in [0.15, 0.2) is 6.10 Å². The number of nitrogens with zero attached hydrogens (tertiary/aromatic N) is 1. The van der Waals surface area contributed by atoms with Crippen LogP contribution in [0.1, 0.15) is 234 Å². The molecule has 1 heterocycles. The maximum absolute atomic E-state index is 13.8. The molecule has 0 aliphatic carbocycles. The van der Waals surface area contributed by atoms with E-state index in [1.165, 1.54) is 95.8 Å². The van der Waals surface area contributed by atoms with Crippen LogP contribution in [0, 0.1) is 5.92 Å². The molecule has 1 fully saturated rings. The fourth-order valence-corrected chi connectivity index (χ4v) is 9.51. The molecule has 1 saturated heterocycles. The van der Waals surface area contributed by atoms with Gasteiger partial charge in [0.1, 0.15) is 24.7 Å². The Labute approximate surface area is 452 Å². The molecule has 3 amide bonds. The Hall–Kier alpha value is -3.63. The molecule has 0 spiro atoms. The maximum atomic E-state index is 13.8. The van der Waals surface area contributed by atoms with Crippen molar-refractivity contribution in [2.75, 3.05) is 32.9 Å². The number of carbonyl (C=O) groups is 6. The molecule has 1 aliphatic rings. The van der Waals surface area contributed by atoms with E-state index in [1.807, 2.05) is 13.8 Å². The average Bonchev–Trinajstić information content (AvgIpc) is 3.87. The molecule has 0 saturated carbocycles. The average molecular weight is 1080 g/mol. The molecule has 75 heavy (non-hydrogen) atoms. The van der Waals surface area contributed by atoms with Gasteiger partial charge < -0.3 is 40.3 Å². The number of phosphoric ester groups is 1. The van der Waals surface area contributed by atoms with Gasteiger partial charge in [-0.15, -0.1) is 0 Å². The predicted molar refractivity (Wildman–Crippen MR) is 296 cm³/mol. The largest absolute Gasteiger partial charge is 0.480 e. The smallest absolute Gasteiger partial charge is 0.472 e. The molecule has 18 heteroatoms. The van der Waals surface area contributed by atoms with E-state index in [0.29, 0.717) is 32.2 Å². The number of nitrogens with one attached hydrogen (secondary N) is 3. The molecule has 6 atom stereocenters.